The van der Waals surface area contributed by atoms with Crippen molar-refractivity contribution in [3.63, 3.8) is 0 Å². The van der Waals surface area contributed by atoms with E-state index >= 15 is 0 Å². The molecule has 0 radical (unpaired) electrons. The maximum absolute atomic E-state index is 11.5. The molecule has 0 aliphatic carbocycles. The molecule has 0 fully saturated rings. The van der Waals surface area contributed by atoms with E-state index in [9.17, 15) is 9.59 Å². The molecule has 120 valence electrons. The number of benzene rings is 1. The van der Waals surface area contributed by atoms with Gasteiger partial charge in [-0.25, -0.2) is 4.98 Å². The molecule has 0 bridgehead atoms. The van der Waals surface area contributed by atoms with Crippen molar-refractivity contribution in [2.45, 2.75) is 13.0 Å². The Morgan fingerprint density at radius 2 is 2.22 bits per heavy atom. The third-order valence-corrected chi connectivity index (χ3v) is 2.92. The Balaban J connectivity index is 2.31. The van der Waals surface area contributed by atoms with E-state index in [1.165, 1.54) is 6.20 Å². The third kappa shape index (κ3) is 4.48. The van der Waals surface area contributed by atoms with E-state index in [1.807, 2.05) is 6.92 Å². The van der Waals surface area contributed by atoms with Gasteiger partial charge in [-0.15, -0.1) is 0 Å². The third-order valence-electron chi connectivity index (χ3n) is 2.92. The SMILES string of the molecule is CC(N)CNc1ncc(C(N)=O)c(Nc2cccc(C=O)c2)n1. The average molecular weight is 314 g/mol. The van der Waals surface area contributed by atoms with Crippen molar-refractivity contribution in [1.29, 1.82) is 0 Å². The van der Waals surface area contributed by atoms with E-state index in [4.69, 9.17) is 11.5 Å². The van der Waals surface area contributed by atoms with Gasteiger partial charge >= 0.3 is 0 Å². The molecule has 1 amide bonds. The Hall–Kier alpha value is -3.00. The van der Waals surface area contributed by atoms with Crippen molar-refractivity contribution in [2.75, 3.05) is 17.2 Å². The lowest BCUT2D eigenvalue weighted by molar-refractivity contribution is 0.1000. The van der Waals surface area contributed by atoms with Crippen molar-refractivity contribution in [3.8, 4) is 0 Å². The minimum atomic E-state index is -0.655. The highest BCUT2D eigenvalue weighted by Gasteiger charge is 2.13. The average Bonchev–Trinajstić information content (AvgIpc) is 2.53. The smallest absolute Gasteiger partial charge is 0.254 e. The fraction of sp³-hybridized carbons (Fsp3) is 0.200. The number of nitrogens with zero attached hydrogens (tertiary/aromatic N) is 2. The van der Waals surface area contributed by atoms with Gasteiger partial charge in [-0.2, -0.15) is 4.98 Å². The highest BCUT2D eigenvalue weighted by molar-refractivity contribution is 5.98. The number of anilines is 3. The lowest BCUT2D eigenvalue weighted by Gasteiger charge is -2.12. The van der Waals surface area contributed by atoms with Crippen LogP contribution in [0.25, 0.3) is 0 Å². The Labute approximate surface area is 133 Å². The van der Waals surface area contributed by atoms with Gasteiger partial charge < -0.3 is 22.1 Å². The van der Waals surface area contributed by atoms with Crippen LogP contribution in [0.15, 0.2) is 30.5 Å². The summed E-state index contributed by atoms with van der Waals surface area (Å²) in [6.07, 6.45) is 2.07. The summed E-state index contributed by atoms with van der Waals surface area (Å²) in [5.41, 5.74) is 12.3. The topological polar surface area (TPSA) is 136 Å². The lowest BCUT2D eigenvalue weighted by atomic mass is 10.2. The predicted molar refractivity (Wildman–Crippen MR) is 87.8 cm³/mol. The maximum atomic E-state index is 11.5. The summed E-state index contributed by atoms with van der Waals surface area (Å²) >= 11 is 0. The number of hydrogen-bond acceptors (Lipinski definition) is 7. The number of hydrogen-bond donors (Lipinski definition) is 4. The van der Waals surface area contributed by atoms with Crippen LogP contribution in [0, 0.1) is 0 Å². The lowest BCUT2D eigenvalue weighted by Crippen LogP contribution is -2.26. The fourth-order valence-electron chi connectivity index (χ4n) is 1.82. The van der Waals surface area contributed by atoms with Crippen LogP contribution in [-0.4, -0.2) is 34.7 Å². The minimum absolute atomic E-state index is 0.0740. The molecule has 8 heteroatoms. The van der Waals surface area contributed by atoms with Gasteiger partial charge in [0.2, 0.25) is 5.95 Å². The van der Waals surface area contributed by atoms with Gasteiger partial charge in [0, 0.05) is 30.0 Å². The molecule has 23 heavy (non-hydrogen) atoms. The molecular formula is C15H18N6O2. The first-order chi connectivity index (χ1) is 11.0. The number of amides is 1. The second-order valence-corrected chi connectivity index (χ2v) is 5.05. The van der Waals surface area contributed by atoms with E-state index in [1.54, 1.807) is 24.3 Å². The second kappa shape index (κ2) is 7.32. The molecule has 0 saturated heterocycles. The molecule has 1 atom stereocenters. The Morgan fingerprint density at radius 3 is 2.87 bits per heavy atom. The quantitative estimate of drug-likeness (QED) is 0.557. The normalized spacial score (nSPS) is 11.6. The van der Waals surface area contributed by atoms with Crippen LogP contribution in [-0.2, 0) is 0 Å². The molecule has 8 nitrogen and oxygen atoms in total. The number of nitrogens with two attached hydrogens (primary N) is 2. The first-order valence-electron chi connectivity index (χ1n) is 6.98. The van der Waals surface area contributed by atoms with Gasteiger partial charge in [0.1, 0.15) is 17.7 Å². The first kappa shape index (κ1) is 16.4. The monoisotopic (exact) mass is 314 g/mol. The number of primary amides is 1. The van der Waals surface area contributed by atoms with Crippen molar-refractivity contribution >= 4 is 29.6 Å². The van der Waals surface area contributed by atoms with Crippen LogP contribution in [0.4, 0.5) is 17.5 Å². The summed E-state index contributed by atoms with van der Waals surface area (Å²) in [4.78, 5) is 30.6. The number of nitrogens with one attached hydrogen (secondary N) is 2. The van der Waals surface area contributed by atoms with Crippen molar-refractivity contribution in [3.05, 3.63) is 41.6 Å². The first-order valence-corrected chi connectivity index (χ1v) is 6.98. The minimum Gasteiger partial charge on any atom is -0.365 e. The predicted octanol–water partition coefficient (Wildman–Crippen LogP) is 0.891. The highest BCUT2D eigenvalue weighted by Crippen LogP contribution is 2.20. The van der Waals surface area contributed by atoms with E-state index in [-0.39, 0.29) is 17.4 Å². The molecule has 0 saturated carbocycles. The van der Waals surface area contributed by atoms with Gasteiger partial charge in [0.15, 0.2) is 0 Å². The molecule has 6 N–H and O–H groups in total. The van der Waals surface area contributed by atoms with Crippen molar-refractivity contribution in [2.24, 2.45) is 11.5 Å². The molecule has 0 spiro atoms. The molecule has 1 aromatic heterocycles. The zero-order valence-electron chi connectivity index (χ0n) is 12.6. The van der Waals surface area contributed by atoms with Gasteiger partial charge in [0.05, 0.1) is 0 Å². The summed E-state index contributed by atoms with van der Waals surface area (Å²) in [6.45, 7) is 2.32. The van der Waals surface area contributed by atoms with Crippen molar-refractivity contribution in [1.82, 2.24) is 9.97 Å². The number of aldehydes is 1. The fourth-order valence-corrected chi connectivity index (χ4v) is 1.82. The summed E-state index contributed by atoms with van der Waals surface area (Å²) < 4.78 is 0. The van der Waals surface area contributed by atoms with Crippen LogP contribution < -0.4 is 22.1 Å². The number of carbonyl (C=O) groups excluding carboxylic acids is 2. The zero-order valence-corrected chi connectivity index (χ0v) is 12.6. The van der Waals surface area contributed by atoms with E-state index < -0.39 is 5.91 Å². The van der Waals surface area contributed by atoms with E-state index in [0.29, 0.717) is 23.7 Å². The molecule has 0 aliphatic heterocycles. The molecule has 0 aliphatic rings. The zero-order chi connectivity index (χ0) is 16.8. The van der Waals surface area contributed by atoms with E-state index in [0.717, 1.165) is 6.29 Å². The molecule has 1 heterocycles. The number of rotatable bonds is 7. The van der Waals surface area contributed by atoms with Gasteiger partial charge in [-0.1, -0.05) is 12.1 Å². The van der Waals surface area contributed by atoms with Gasteiger partial charge in [-0.05, 0) is 19.1 Å². The van der Waals surface area contributed by atoms with Crippen LogP contribution in [0.2, 0.25) is 0 Å². The number of aromatic nitrogens is 2. The molecular weight excluding hydrogens is 296 g/mol. The van der Waals surface area contributed by atoms with Crippen LogP contribution in [0.1, 0.15) is 27.6 Å². The van der Waals surface area contributed by atoms with Gasteiger partial charge in [-0.3, -0.25) is 9.59 Å². The Bertz CT molecular complexity index is 717. The van der Waals surface area contributed by atoms with Crippen LogP contribution >= 0.6 is 0 Å². The summed E-state index contributed by atoms with van der Waals surface area (Å²) in [5, 5.41) is 5.94. The van der Waals surface area contributed by atoms with Crippen LogP contribution in [0.5, 0.6) is 0 Å². The van der Waals surface area contributed by atoms with E-state index in [2.05, 4.69) is 20.6 Å². The summed E-state index contributed by atoms with van der Waals surface area (Å²) in [5.74, 6) is -0.0816. The number of carbonyl (C=O) groups is 2. The Morgan fingerprint density at radius 1 is 1.43 bits per heavy atom. The van der Waals surface area contributed by atoms with Gasteiger partial charge in [0.25, 0.3) is 5.91 Å². The Kier molecular flexibility index (Phi) is 5.21. The largest absolute Gasteiger partial charge is 0.365 e. The molecule has 1 aromatic carbocycles. The van der Waals surface area contributed by atoms with Crippen LogP contribution in [0.3, 0.4) is 0 Å². The second-order valence-electron chi connectivity index (χ2n) is 5.05. The summed E-state index contributed by atoms with van der Waals surface area (Å²) in [7, 11) is 0. The molecule has 1 unspecified atom stereocenters. The maximum Gasteiger partial charge on any atom is 0.254 e. The summed E-state index contributed by atoms with van der Waals surface area (Å²) in [6, 6.07) is 6.69. The highest BCUT2D eigenvalue weighted by atomic mass is 16.1. The standard InChI is InChI=1S/C15H18N6O2/c1-9(16)6-18-15-19-7-12(13(17)23)14(21-15)20-11-4-2-3-10(5-11)8-22/h2-5,7-9H,6,16H2,1H3,(H2,17,23)(H2,18,19,20,21). The molecule has 2 aromatic rings. The molecule has 2 rings (SSSR count). The van der Waals surface area contributed by atoms with Crippen molar-refractivity contribution < 1.29 is 9.59 Å².